The Hall–Kier alpha value is -0.870. The second-order valence-corrected chi connectivity index (χ2v) is 4.81. The van der Waals surface area contributed by atoms with E-state index in [-0.39, 0.29) is 0 Å². The molecule has 17 heavy (non-hydrogen) atoms. The molecule has 1 aromatic heterocycles. The molecule has 2 rings (SSSR count). The number of nitrogens with zero attached hydrogens (tertiary/aromatic N) is 2. The van der Waals surface area contributed by atoms with Crippen LogP contribution in [0.1, 0.15) is 25.6 Å². The van der Waals surface area contributed by atoms with Gasteiger partial charge >= 0.3 is 0 Å². The topological polar surface area (TPSA) is 39.1 Å². The molecule has 2 unspecified atom stereocenters. The first-order valence-electron chi connectivity index (χ1n) is 6.60. The molecule has 2 atom stereocenters. The standard InChI is InChI=1S/C13H23N3O/c1-3-5-15-13(12-4-8-17-10-12)9-16-7-6-14-11(16)2/h6-7,12-13,15H,3-5,8-10H2,1-2H3. The van der Waals surface area contributed by atoms with Crippen LogP contribution in [0.5, 0.6) is 0 Å². The fraction of sp³-hybridized carbons (Fsp3) is 0.769. The summed E-state index contributed by atoms with van der Waals surface area (Å²) in [4.78, 5) is 4.28. The molecule has 1 aliphatic rings. The Bertz CT molecular complexity index is 331. The van der Waals surface area contributed by atoms with Gasteiger partial charge in [-0.15, -0.1) is 0 Å². The summed E-state index contributed by atoms with van der Waals surface area (Å²) in [6, 6.07) is 0.505. The van der Waals surface area contributed by atoms with E-state index < -0.39 is 0 Å². The summed E-state index contributed by atoms with van der Waals surface area (Å²) >= 11 is 0. The van der Waals surface area contributed by atoms with Gasteiger partial charge in [-0.25, -0.2) is 4.98 Å². The molecule has 1 N–H and O–H groups in total. The zero-order valence-electron chi connectivity index (χ0n) is 10.9. The van der Waals surface area contributed by atoms with Crippen molar-refractivity contribution in [2.75, 3.05) is 19.8 Å². The highest BCUT2D eigenvalue weighted by Crippen LogP contribution is 2.18. The zero-order valence-corrected chi connectivity index (χ0v) is 10.9. The maximum Gasteiger partial charge on any atom is 0.105 e. The van der Waals surface area contributed by atoms with E-state index in [1.54, 1.807) is 0 Å². The highest BCUT2D eigenvalue weighted by atomic mass is 16.5. The van der Waals surface area contributed by atoms with Crippen LogP contribution in [0.3, 0.4) is 0 Å². The van der Waals surface area contributed by atoms with Gasteiger partial charge in [0.25, 0.3) is 0 Å². The maximum absolute atomic E-state index is 5.50. The van der Waals surface area contributed by atoms with Crippen molar-refractivity contribution in [2.24, 2.45) is 5.92 Å². The monoisotopic (exact) mass is 237 g/mol. The molecular weight excluding hydrogens is 214 g/mol. The first-order valence-corrected chi connectivity index (χ1v) is 6.60. The van der Waals surface area contributed by atoms with E-state index in [2.05, 4.69) is 34.9 Å². The molecule has 0 amide bonds. The Morgan fingerprint density at radius 3 is 3.12 bits per heavy atom. The molecule has 0 aliphatic carbocycles. The number of hydrogen-bond acceptors (Lipinski definition) is 3. The molecule has 1 fully saturated rings. The summed E-state index contributed by atoms with van der Waals surface area (Å²) < 4.78 is 7.73. The van der Waals surface area contributed by atoms with Crippen molar-refractivity contribution in [2.45, 2.75) is 39.3 Å². The number of nitrogens with one attached hydrogen (secondary N) is 1. The predicted octanol–water partition coefficient (Wildman–Crippen LogP) is 1.60. The second-order valence-electron chi connectivity index (χ2n) is 4.81. The van der Waals surface area contributed by atoms with E-state index in [1.165, 1.54) is 12.8 Å². The van der Waals surface area contributed by atoms with E-state index in [9.17, 15) is 0 Å². The molecule has 1 aliphatic heterocycles. The smallest absolute Gasteiger partial charge is 0.105 e. The van der Waals surface area contributed by atoms with Crippen molar-refractivity contribution in [1.29, 1.82) is 0 Å². The van der Waals surface area contributed by atoms with E-state index >= 15 is 0 Å². The van der Waals surface area contributed by atoms with Gasteiger partial charge in [0.15, 0.2) is 0 Å². The molecule has 0 radical (unpaired) electrons. The number of aromatic nitrogens is 2. The lowest BCUT2D eigenvalue weighted by atomic mass is 9.98. The van der Waals surface area contributed by atoms with Gasteiger partial charge in [0.2, 0.25) is 0 Å². The molecule has 4 heteroatoms. The maximum atomic E-state index is 5.50. The molecule has 0 bridgehead atoms. The Morgan fingerprint density at radius 1 is 1.65 bits per heavy atom. The highest BCUT2D eigenvalue weighted by Gasteiger charge is 2.25. The molecule has 1 saturated heterocycles. The van der Waals surface area contributed by atoms with Gasteiger partial charge in [0, 0.05) is 37.5 Å². The minimum Gasteiger partial charge on any atom is -0.381 e. The third-order valence-electron chi connectivity index (χ3n) is 3.51. The van der Waals surface area contributed by atoms with E-state index in [0.717, 1.165) is 32.1 Å². The summed E-state index contributed by atoms with van der Waals surface area (Å²) in [6.07, 6.45) is 6.28. The Kier molecular flexibility index (Phi) is 4.57. The van der Waals surface area contributed by atoms with Crippen molar-refractivity contribution < 1.29 is 4.74 Å². The number of hydrogen-bond donors (Lipinski definition) is 1. The predicted molar refractivity (Wildman–Crippen MR) is 68.0 cm³/mol. The number of aryl methyl sites for hydroxylation is 1. The lowest BCUT2D eigenvalue weighted by Crippen LogP contribution is -2.40. The third kappa shape index (κ3) is 3.30. The van der Waals surface area contributed by atoms with Gasteiger partial charge < -0.3 is 14.6 Å². The van der Waals surface area contributed by atoms with Crippen LogP contribution in [0.4, 0.5) is 0 Å². The molecule has 96 valence electrons. The van der Waals surface area contributed by atoms with Gasteiger partial charge in [-0.2, -0.15) is 0 Å². The Labute approximate surface area is 103 Å². The molecule has 1 aromatic rings. The summed E-state index contributed by atoms with van der Waals surface area (Å²) in [5.74, 6) is 1.73. The minimum atomic E-state index is 0.505. The van der Waals surface area contributed by atoms with Crippen molar-refractivity contribution in [3.05, 3.63) is 18.2 Å². The normalized spacial score (nSPS) is 21.9. The van der Waals surface area contributed by atoms with Gasteiger partial charge in [-0.05, 0) is 26.3 Å². The molecule has 4 nitrogen and oxygen atoms in total. The summed E-state index contributed by atoms with van der Waals surface area (Å²) in [6.45, 7) is 8.15. The van der Waals surface area contributed by atoms with E-state index in [0.29, 0.717) is 12.0 Å². The van der Waals surface area contributed by atoms with Crippen LogP contribution >= 0.6 is 0 Å². The lowest BCUT2D eigenvalue weighted by molar-refractivity contribution is 0.173. The Morgan fingerprint density at radius 2 is 2.53 bits per heavy atom. The summed E-state index contributed by atoms with van der Waals surface area (Å²) in [5.41, 5.74) is 0. The largest absolute Gasteiger partial charge is 0.381 e. The second kappa shape index (κ2) is 6.17. The fourth-order valence-corrected chi connectivity index (χ4v) is 2.39. The average Bonchev–Trinajstić information content (AvgIpc) is 2.96. The van der Waals surface area contributed by atoms with Gasteiger partial charge in [-0.1, -0.05) is 6.92 Å². The fourth-order valence-electron chi connectivity index (χ4n) is 2.39. The van der Waals surface area contributed by atoms with E-state index in [1.807, 2.05) is 6.20 Å². The summed E-state index contributed by atoms with van der Waals surface area (Å²) in [5, 5.41) is 3.65. The number of ether oxygens (including phenoxy) is 1. The first kappa shape index (κ1) is 12.6. The van der Waals surface area contributed by atoms with Crippen molar-refractivity contribution >= 4 is 0 Å². The molecule has 0 aromatic carbocycles. The SMILES string of the molecule is CCCNC(Cn1ccnc1C)C1CCOC1. The van der Waals surface area contributed by atoms with Crippen LogP contribution in [0.25, 0.3) is 0 Å². The quantitative estimate of drug-likeness (QED) is 0.816. The van der Waals surface area contributed by atoms with Crippen molar-refractivity contribution in [1.82, 2.24) is 14.9 Å². The van der Waals surface area contributed by atoms with Gasteiger partial charge in [0.1, 0.15) is 5.82 Å². The van der Waals surface area contributed by atoms with Gasteiger partial charge in [0.05, 0.1) is 6.61 Å². The van der Waals surface area contributed by atoms with Crippen LogP contribution in [-0.2, 0) is 11.3 Å². The van der Waals surface area contributed by atoms with Gasteiger partial charge in [-0.3, -0.25) is 0 Å². The number of rotatable bonds is 6. The zero-order chi connectivity index (χ0) is 12.1. The van der Waals surface area contributed by atoms with Crippen molar-refractivity contribution in [3.63, 3.8) is 0 Å². The molecule has 0 spiro atoms. The molecular formula is C13H23N3O. The van der Waals surface area contributed by atoms with E-state index in [4.69, 9.17) is 4.74 Å². The van der Waals surface area contributed by atoms with Crippen molar-refractivity contribution in [3.8, 4) is 0 Å². The van der Waals surface area contributed by atoms with Crippen LogP contribution in [0.15, 0.2) is 12.4 Å². The summed E-state index contributed by atoms with van der Waals surface area (Å²) in [7, 11) is 0. The van der Waals surface area contributed by atoms with Crippen LogP contribution in [0.2, 0.25) is 0 Å². The minimum absolute atomic E-state index is 0.505. The van der Waals surface area contributed by atoms with Crippen LogP contribution in [0, 0.1) is 12.8 Å². The average molecular weight is 237 g/mol. The highest BCUT2D eigenvalue weighted by molar-refractivity contribution is 4.91. The molecule has 0 saturated carbocycles. The Balaban J connectivity index is 1.97. The first-order chi connectivity index (χ1) is 8.31. The molecule has 2 heterocycles. The third-order valence-corrected chi connectivity index (χ3v) is 3.51. The number of imidazole rings is 1. The lowest BCUT2D eigenvalue weighted by Gasteiger charge is -2.24. The van der Waals surface area contributed by atoms with Crippen LogP contribution in [-0.4, -0.2) is 35.4 Å². The van der Waals surface area contributed by atoms with Crippen LogP contribution < -0.4 is 5.32 Å².